The maximum Gasteiger partial charge on any atom is 0.160 e. The van der Waals surface area contributed by atoms with Crippen LogP contribution in [0.2, 0.25) is 0 Å². The van der Waals surface area contributed by atoms with Gasteiger partial charge in [0.05, 0.1) is 5.88 Å². The van der Waals surface area contributed by atoms with Gasteiger partial charge in [-0.2, -0.15) is 0 Å². The lowest BCUT2D eigenvalue weighted by atomic mass is 9.87. The van der Waals surface area contributed by atoms with E-state index in [1.54, 1.807) is 0 Å². The van der Waals surface area contributed by atoms with Crippen LogP contribution in [0.3, 0.4) is 0 Å². The molecule has 0 amide bonds. The van der Waals surface area contributed by atoms with Crippen molar-refractivity contribution in [2.24, 2.45) is 5.41 Å². The second kappa shape index (κ2) is 4.23. The molecule has 0 N–H and O–H groups in total. The Labute approximate surface area is 112 Å². The summed E-state index contributed by atoms with van der Waals surface area (Å²) in [5, 5.41) is 0. The van der Waals surface area contributed by atoms with E-state index in [0.29, 0.717) is 17.3 Å². The molecule has 1 aliphatic carbocycles. The van der Waals surface area contributed by atoms with Crippen molar-refractivity contribution in [1.82, 2.24) is 14.5 Å². The average molecular weight is 264 g/mol. The van der Waals surface area contributed by atoms with Gasteiger partial charge in [0.1, 0.15) is 11.3 Å². The third kappa shape index (κ3) is 1.72. The van der Waals surface area contributed by atoms with E-state index in [4.69, 9.17) is 11.6 Å². The molecule has 96 valence electrons. The summed E-state index contributed by atoms with van der Waals surface area (Å²) in [6, 6.07) is 4.40. The third-order valence-corrected chi connectivity index (χ3v) is 4.39. The van der Waals surface area contributed by atoms with E-state index in [1.807, 2.05) is 18.3 Å². The van der Waals surface area contributed by atoms with Gasteiger partial charge in [-0.25, -0.2) is 9.97 Å². The van der Waals surface area contributed by atoms with Crippen molar-refractivity contribution in [3.8, 4) is 0 Å². The molecule has 1 aliphatic rings. The molecule has 0 spiro atoms. The van der Waals surface area contributed by atoms with Crippen LogP contribution in [0.1, 0.15) is 45.0 Å². The molecular weight excluding hydrogens is 246 g/mol. The van der Waals surface area contributed by atoms with Gasteiger partial charge < -0.3 is 4.57 Å². The Morgan fingerprint density at radius 2 is 2.33 bits per heavy atom. The van der Waals surface area contributed by atoms with Crippen molar-refractivity contribution in [3.05, 3.63) is 24.2 Å². The molecule has 3 rings (SSSR count). The van der Waals surface area contributed by atoms with Crippen LogP contribution in [0.5, 0.6) is 0 Å². The Morgan fingerprint density at radius 3 is 3.00 bits per heavy atom. The van der Waals surface area contributed by atoms with Gasteiger partial charge in [-0.1, -0.05) is 20.3 Å². The first kappa shape index (κ1) is 12.0. The van der Waals surface area contributed by atoms with Crippen LogP contribution in [-0.2, 0) is 5.88 Å². The number of aromatic nitrogens is 3. The van der Waals surface area contributed by atoms with E-state index in [1.165, 1.54) is 19.3 Å². The molecule has 1 fully saturated rings. The van der Waals surface area contributed by atoms with Crippen molar-refractivity contribution >= 4 is 22.8 Å². The van der Waals surface area contributed by atoms with E-state index in [2.05, 4.69) is 28.4 Å². The first-order valence-corrected chi connectivity index (χ1v) is 7.05. The summed E-state index contributed by atoms with van der Waals surface area (Å²) < 4.78 is 2.27. The number of hydrogen-bond acceptors (Lipinski definition) is 2. The number of rotatable bonds is 2. The smallest absolute Gasteiger partial charge is 0.160 e. The van der Waals surface area contributed by atoms with Crippen LogP contribution in [0.4, 0.5) is 0 Å². The molecule has 0 aromatic carbocycles. The molecule has 2 heterocycles. The molecule has 3 nitrogen and oxygen atoms in total. The molecule has 0 radical (unpaired) electrons. The summed E-state index contributed by atoms with van der Waals surface area (Å²) in [7, 11) is 0. The summed E-state index contributed by atoms with van der Waals surface area (Å²) in [6.07, 6.45) is 5.55. The largest absolute Gasteiger partial charge is 0.308 e. The van der Waals surface area contributed by atoms with Crippen LogP contribution < -0.4 is 0 Å². The van der Waals surface area contributed by atoms with Crippen LogP contribution >= 0.6 is 11.6 Å². The number of alkyl halides is 1. The SMILES string of the molecule is CC1(C)CCCC1n1c(CCl)nc2cccnc21. The summed E-state index contributed by atoms with van der Waals surface area (Å²) in [4.78, 5) is 9.11. The van der Waals surface area contributed by atoms with Crippen LogP contribution in [0.25, 0.3) is 11.2 Å². The lowest BCUT2D eigenvalue weighted by Crippen LogP contribution is -2.23. The highest BCUT2D eigenvalue weighted by atomic mass is 35.5. The molecular formula is C14H18ClN3. The Balaban J connectivity index is 2.21. The third-order valence-electron chi connectivity index (χ3n) is 4.15. The second-order valence-corrected chi connectivity index (χ2v) is 6.04. The number of nitrogens with zero attached hydrogens (tertiary/aromatic N) is 3. The number of fused-ring (bicyclic) bond motifs is 1. The zero-order chi connectivity index (χ0) is 12.8. The standard InChI is InChI=1S/C14H18ClN3/c1-14(2)7-3-6-11(14)18-12(9-15)17-10-5-4-8-16-13(10)18/h4-5,8,11H,3,6-7,9H2,1-2H3. The Hall–Kier alpha value is -1.09. The van der Waals surface area contributed by atoms with Crippen molar-refractivity contribution in [2.45, 2.75) is 45.0 Å². The quantitative estimate of drug-likeness (QED) is 0.769. The maximum absolute atomic E-state index is 6.06. The maximum atomic E-state index is 6.06. The van der Waals surface area contributed by atoms with Crippen LogP contribution in [0.15, 0.2) is 18.3 Å². The molecule has 0 saturated heterocycles. The molecule has 1 unspecified atom stereocenters. The Kier molecular flexibility index (Phi) is 2.81. The van der Waals surface area contributed by atoms with Gasteiger partial charge in [0, 0.05) is 12.2 Å². The van der Waals surface area contributed by atoms with E-state index in [0.717, 1.165) is 17.0 Å². The fourth-order valence-corrected chi connectivity index (χ4v) is 3.37. The molecule has 2 aromatic rings. The molecule has 18 heavy (non-hydrogen) atoms. The highest BCUT2D eigenvalue weighted by Gasteiger charge is 2.37. The fourth-order valence-electron chi connectivity index (χ4n) is 3.19. The van der Waals surface area contributed by atoms with Crippen molar-refractivity contribution < 1.29 is 0 Å². The highest BCUT2D eigenvalue weighted by Crippen LogP contribution is 2.47. The zero-order valence-electron chi connectivity index (χ0n) is 10.9. The lowest BCUT2D eigenvalue weighted by Gasteiger charge is -2.29. The number of halogens is 1. The number of pyridine rings is 1. The Bertz CT molecular complexity index is 573. The van der Waals surface area contributed by atoms with E-state index < -0.39 is 0 Å². The molecule has 1 saturated carbocycles. The minimum atomic E-state index is 0.298. The summed E-state index contributed by atoms with van der Waals surface area (Å²) in [6.45, 7) is 4.66. The van der Waals surface area contributed by atoms with E-state index >= 15 is 0 Å². The minimum absolute atomic E-state index is 0.298. The number of imidazole rings is 1. The van der Waals surface area contributed by atoms with Gasteiger partial charge in [-0.3, -0.25) is 0 Å². The van der Waals surface area contributed by atoms with Crippen LogP contribution in [0, 0.1) is 5.41 Å². The van der Waals surface area contributed by atoms with E-state index in [9.17, 15) is 0 Å². The topological polar surface area (TPSA) is 30.7 Å². The predicted molar refractivity (Wildman–Crippen MR) is 73.8 cm³/mol. The second-order valence-electron chi connectivity index (χ2n) is 5.77. The minimum Gasteiger partial charge on any atom is -0.308 e. The van der Waals surface area contributed by atoms with Gasteiger partial charge in [-0.05, 0) is 30.4 Å². The molecule has 0 bridgehead atoms. The Morgan fingerprint density at radius 1 is 1.50 bits per heavy atom. The first-order valence-electron chi connectivity index (χ1n) is 6.51. The predicted octanol–water partition coefficient (Wildman–Crippen LogP) is 3.92. The summed E-state index contributed by atoms with van der Waals surface area (Å²) >= 11 is 6.06. The van der Waals surface area contributed by atoms with Gasteiger partial charge in [0.25, 0.3) is 0 Å². The first-order chi connectivity index (χ1) is 8.63. The normalized spacial score (nSPS) is 22.7. The molecule has 2 aromatic heterocycles. The average Bonchev–Trinajstić information content (AvgIpc) is 2.88. The highest BCUT2D eigenvalue weighted by molar-refractivity contribution is 6.16. The van der Waals surface area contributed by atoms with Crippen molar-refractivity contribution in [3.63, 3.8) is 0 Å². The van der Waals surface area contributed by atoms with Gasteiger partial charge in [0.2, 0.25) is 0 Å². The summed E-state index contributed by atoms with van der Waals surface area (Å²) in [5.74, 6) is 1.40. The monoisotopic (exact) mass is 263 g/mol. The van der Waals surface area contributed by atoms with Gasteiger partial charge >= 0.3 is 0 Å². The molecule has 1 atom stereocenters. The summed E-state index contributed by atoms with van der Waals surface area (Å²) in [5.41, 5.74) is 2.23. The molecule has 0 aliphatic heterocycles. The fraction of sp³-hybridized carbons (Fsp3) is 0.571. The molecule has 4 heteroatoms. The zero-order valence-corrected chi connectivity index (χ0v) is 11.6. The van der Waals surface area contributed by atoms with Crippen LogP contribution in [-0.4, -0.2) is 14.5 Å². The van der Waals surface area contributed by atoms with Gasteiger partial charge in [0.15, 0.2) is 5.65 Å². The lowest BCUT2D eigenvalue weighted by molar-refractivity contribution is 0.261. The number of hydrogen-bond donors (Lipinski definition) is 0. The van der Waals surface area contributed by atoms with Crippen molar-refractivity contribution in [1.29, 1.82) is 0 Å². The van der Waals surface area contributed by atoms with E-state index in [-0.39, 0.29) is 0 Å². The van der Waals surface area contributed by atoms with Gasteiger partial charge in [-0.15, -0.1) is 11.6 Å². The van der Waals surface area contributed by atoms with Crippen molar-refractivity contribution in [2.75, 3.05) is 0 Å².